The Hall–Kier alpha value is -3.27. The predicted octanol–water partition coefficient (Wildman–Crippen LogP) is 6.69. The number of ether oxygens (including phenoxy) is 1. The Bertz CT molecular complexity index is 1460. The normalized spacial score (nSPS) is 11.0. The van der Waals surface area contributed by atoms with Crippen LogP contribution in [0.2, 0.25) is 0 Å². The highest BCUT2D eigenvalue weighted by Crippen LogP contribution is 2.35. The summed E-state index contributed by atoms with van der Waals surface area (Å²) in [6.07, 6.45) is 0. The molecule has 33 heavy (non-hydrogen) atoms. The maximum atomic E-state index is 13.0. The molecule has 3 N–H and O–H groups in total. The third-order valence-corrected chi connectivity index (χ3v) is 7.45. The van der Waals surface area contributed by atoms with E-state index >= 15 is 0 Å². The summed E-state index contributed by atoms with van der Waals surface area (Å²) >= 11 is 6.07. The van der Waals surface area contributed by atoms with E-state index < -0.39 is 0 Å². The predicted molar refractivity (Wildman–Crippen MR) is 139 cm³/mol. The van der Waals surface area contributed by atoms with Crippen LogP contribution in [0.5, 0.6) is 5.75 Å². The molecular formula is C24H17BrN4O2S2. The number of rotatable bonds is 5. The van der Waals surface area contributed by atoms with E-state index in [4.69, 9.17) is 15.5 Å². The van der Waals surface area contributed by atoms with Gasteiger partial charge in [0.1, 0.15) is 15.5 Å². The SMILES string of the molecule is COc1ccc(-c2ccc3c(N)c(C(=O)Nc4nc(-c5ccc(Br)cc5)cs4)sc3n2)cc1. The molecule has 0 unspecified atom stereocenters. The third-order valence-electron chi connectivity index (χ3n) is 5.05. The summed E-state index contributed by atoms with van der Waals surface area (Å²) in [6.45, 7) is 0. The molecule has 3 heterocycles. The van der Waals surface area contributed by atoms with Crippen LogP contribution in [0.15, 0.2) is 70.5 Å². The van der Waals surface area contributed by atoms with Crippen molar-refractivity contribution >= 4 is 65.5 Å². The Kier molecular flexibility index (Phi) is 5.84. The lowest BCUT2D eigenvalue weighted by molar-refractivity contribution is 0.103. The molecule has 0 aliphatic heterocycles. The molecule has 0 bridgehead atoms. The molecule has 0 saturated heterocycles. The van der Waals surface area contributed by atoms with Crippen molar-refractivity contribution in [3.8, 4) is 28.3 Å². The van der Waals surface area contributed by atoms with Crippen LogP contribution in [0.25, 0.3) is 32.7 Å². The minimum Gasteiger partial charge on any atom is -0.497 e. The van der Waals surface area contributed by atoms with Gasteiger partial charge in [-0.15, -0.1) is 22.7 Å². The minimum atomic E-state index is -0.293. The lowest BCUT2D eigenvalue weighted by Crippen LogP contribution is -2.11. The summed E-state index contributed by atoms with van der Waals surface area (Å²) in [7, 11) is 1.63. The van der Waals surface area contributed by atoms with Crippen LogP contribution in [0.1, 0.15) is 9.67 Å². The summed E-state index contributed by atoms with van der Waals surface area (Å²) in [5, 5.41) is 6.06. The van der Waals surface area contributed by atoms with Crippen LogP contribution in [-0.4, -0.2) is 23.0 Å². The van der Waals surface area contributed by atoms with Crippen LogP contribution in [0.4, 0.5) is 10.8 Å². The molecule has 0 aliphatic rings. The minimum absolute atomic E-state index is 0.293. The Morgan fingerprint density at radius 1 is 0.970 bits per heavy atom. The molecule has 0 saturated carbocycles. The molecule has 0 radical (unpaired) electrons. The molecule has 5 rings (SSSR count). The van der Waals surface area contributed by atoms with Crippen LogP contribution < -0.4 is 15.8 Å². The Morgan fingerprint density at radius 2 is 1.67 bits per heavy atom. The number of fused-ring (bicyclic) bond motifs is 1. The topological polar surface area (TPSA) is 90.1 Å². The molecule has 1 amide bonds. The maximum absolute atomic E-state index is 13.0. The molecule has 5 aromatic rings. The monoisotopic (exact) mass is 536 g/mol. The van der Waals surface area contributed by atoms with Gasteiger partial charge in [0.25, 0.3) is 5.91 Å². The van der Waals surface area contributed by atoms with Crippen molar-refractivity contribution in [1.82, 2.24) is 9.97 Å². The number of benzene rings is 2. The number of amides is 1. The Morgan fingerprint density at radius 3 is 2.39 bits per heavy atom. The molecule has 164 valence electrons. The lowest BCUT2D eigenvalue weighted by Gasteiger charge is -2.03. The molecule has 9 heteroatoms. The maximum Gasteiger partial charge on any atom is 0.269 e. The average molecular weight is 537 g/mol. The van der Waals surface area contributed by atoms with Gasteiger partial charge < -0.3 is 10.5 Å². The molecular weight excluding hydrogens is 520 g/mol. The number of carbonyl (C=O) groups is 1. The number of anilines is 2. The fourth-order valence-electron chi connectivity index (χ4n) is 3.33. The van der Waals surface area contributed by atoms with Crippen LogP contribution in [0, 0.1) is 0 Å². The number of halogens is 1. The van der Waals surface area contributed by atoms with Gasteiger partial charge in [-0.05, 0) is 48.5 Å². The van der Waals surface area contributed by atoms with E-state index in [0.717, 1.165) is 38.1 Å². The summed E-state index contributed by atoms with van der Waals surface area (Å²) < 4.78 is 6.21. The van der Waals surface area contributed by atoms with Gasteiger partial charge in [0.2, 0.25) is 0 Å². The number of thiazole rings is 1. The highest BCUT2D eigenvalue weighted by atomic mass is 79.9. The number of nitrogens with one attached hydrogen (secondary N) is 1. The van der Waals surface area contributed by atoms with E-state index in [1.165, 1.54) is 22.7 Å². The van der Waals surface area contributed by atoms with Gasteiger partial charge in [-0.3, -0.25) is 10.1 Å². The molecule has 6 nitrogen and oxygen atoms in total. The second kappa shape index (κ2) is 8.93. The first kappa shape index (κ1) is 21.6. The number of hydrogen-bond acceptors (Lipinski definition) is 7. The number of aromatic nitrogens is 2. The third kappa shape index (κ3) is 4.35. The summed E-state index contributed by atoms with van der Waals surface area (Å²) in [4.78, 5) is 23.3. The molecule has 2 aromatic carbocycles. The zero-order valence-electron chi connectivity index (χ0n) is 17.3. The summed E-state index contributed by atoms with van der Waals surface area (Å²) in [5.74, 6) is 0.489. The number of pyridine rings is 1. The van der Waals surface area contributed by atoms with Gasteiger partial charge in [0.15, 0.2) is 5.13 Å². The van der Waals surface area contributed by atoms with Crippen LogP contribution in [-0.2, 0) is 0 Å². The molecule has 3 aromatic heterocycles. The number of nitrogens with two attached hydrogens (primary N) is 1. The number of hydrogen-bond donors (Lipinski definition) is 2. The van der Waals surface area contributed by atoms with E-state index in [0.29, 0.717) is 20.5 Å². The molecule has 0 aliphatic carbocycles. The first-order valence-corrected chi connectivity index (χ1v) is 12.4. The molecule has 0 fully saturated rings. The highest BCUT2D eigenvalue weighted by Gasteiger charge is 2.19. The Labute approximate surface area is 206 Å². The Balaban J connectivity index is 1.39. The second-order valence-electron chi connectivity index (χ2n) is 7.12. The number of nitrogen functional groups attached to an aromatic ring is 1. The van der Waals surface area contributed by atoms with E-state index in [2.05, 4.69) is 26.2 Å². The first-order valence-electron chi connectivity index (χ1n) is 9.88. The fourth-order valence-corrected chi connectivity index (χ4v) is 5.29. The first-order chi connectivity index (χ1) is 16.0. The average Bonchev–Trinajstić information content (AvgIpc) is 3.44. The second-order valence-corrected chi connectivity index (χ2v) is 9.89. The smallest absolute Gasteiger partial charge is 0.269 e. The van der Waals surface area contributed by atoms with Gasteiger partial charge in [-0.25, -0.2) is 9.97 Å². The van der Waals surface area contributed by atoms with Crippen molar-refractivity contribution in [2.75, 3.05) is 18.2 Å². The van der Waals surface area contributed by atoms with Crippen molar-refractivity contribution in [1.29, 1.82) is 0 Å². The van der Waals surface area contributed by atoms with Gasteiger partial charge >= 0.3 is 0 Å². The van der Waals surface area contributed by atoms with Crippen molar-refractivity contribution < 1.29 is 9.53 Å². The van der Waals surface area contributed by atoms with Crippen LogP contribution >= 0.6 is 38.6 Å². The van der Waals surface area contributed by atoms with E-state index in [-0.39, 0.29) is 5.91 Å². The summed E-state index contributed by atoms with van der Waals surface area (Å²) in [5.41, 5.74) is 10.3. The zero-order chi connectivity index (χ0) is 22.9. The largest absolute Gasteiger partial charge is 0.497 e. The van der Waals surface area contributed by atoms with Crippen molar-refractivity contribution in [3.63, 3.8) is 0 Å². The highest BCUT2D eigenvalue weighted by molar-refractivity contribution is 9.10. The van der Waals surface area contributed by atoms with Crippen LogP contribution in [0.3, 0.4) is 0 Å². The fraction of sp³-hybridized carbons (Fsp3) is 0.0417. The zero-order valence-corrected chi connectivity index (χ0v) is 20.6. The lowest BCUT2D eigenvalue weighted by atomic mass is 10.1. The number of nitrogens with zero attached hydrogens (tertiary/aromatic N) is 2. The molecule has 0 atom stereocenters. The quantitative estimate of drug-likeness (QED) is 0.261. The van der Waals surface area contributed by atoms with E-state index in [1.807, 2.05) is 66.0 Å². The van der Waals surface area contributed by atoms with Gasteiger partial charge in [0.05, 0.1) is 24.2 Å². The van der Waals surface area contributed by atoms with Gasteiger partial charge in [0, 0.05) is 26.4 Å². The van der Waals surface area contributed by atoms with Gasteiger partial charge in [-0.2, -0.15) is 0 Å². The standard InChI is InChI=1S/C24H17BrN4O2S2/c1-31-16-8-4-13(5-9-16)18-11-10-17-20(26)21(33-23(17)27-18)22(30)29-24-28-19(12-32-24)14-2-6-15(25)7-3-14/h2-12H,26H2,1H3,(H,28,29,30). The van der Waals surface area contributed by atoms with Crippen molar-refractivity contribution in [2.24, 2.45) is 0 Å². The van der Waals surface area contributed by atoms with E-state index in [9.17, 15) is 4.79 Å². The molecule has 0 spiro atoms. The number of thiophene rings is 1. The van der Waals surface area contributed by atoms with Crippen molar-refractivity contribution in [3.05, 3.63) is 75.4 Å². The number of methoxy groups -OCH3 is 1. The van der Waals surface area contributed by atoms with Gasteiger partial charge in [-0.1, -0.05) is 28.1 Å². The van der Waals surface area contributed by atoms with E-state index in [1.54, 1.807) is 7.11 Å². The van der Waals surface area contributed by atoms with Crippen molar-refractivity contribution in [2.45, 2.75) is 0 Å². The summed E-state index contributed by atoms with van der Waals surface area (Å²) in [6, 6.07) is 19.3. The number of carbonyl (C=O) groups excluding carboxylic acids is 1.